The summed E-state index contributed by atoms with van der Waals surface area (Å²) in [6.45, 7) is 2.00. The van der Waals surface area contributed by atoms with Gasteiger partial charge < -0.3 is 4.57 Å². The van der Waals surface area contributed by atoms with E-state index in [0.717, 1.165) is 39.6 Å². The Morgan fingerprint density at radius 2 is 1.76 bits per heavy atom. The van der Waals surface area contributed by atoms with Crippen molar-refractivity contribution in [1.82, 2.24) is 19.5 Å². The zero-order chi connectivity index (χ0) is 22.7. The van der Waals surface area contributed by atoms with E-state index in [1.165, 1.54) is 31.3 Å². The molecule has 0 spiro atoms. The van der Waals surface area contributed by atoms with Crippen molar-refractivity contribution in [3.05, 3.63) is 72.3 Å². The van der Waals surface area contributed by atoms with Gasteiger partial charge in [0.1, 0.15) is 11.5 Å². The summed E-state index contributed by atoms with van der Waals surface area (Å²) in [4.78, 5) is 14.8. The molecule has 166 valence electrons. The van der Waals surface area contributed by atoms with E-state index in [2.05, 4.69) is 15.6 Å². The van der Waals surface area contributed by atoms with Crippen LogP contribution in [0.3, 0.4) is 0 Å². The molecule has 33 heavy (non-hydrogen) atoms. The van der Waals surface area contributed by atoms with Crippen LogP contribution in [0, 0.1) is 6.92 Å². The molecule has 1 aliphatic carbocycles. The summed E-state index contributed by atoms with van der Waals surface area (Å²) < 4.78 is 26.1. The van der Waals surface area contributed by atoms with Crippen LogP contribution in [0.1, 0.15) is 42.7 Å². The molecule has 2 atom stereocenters. The van der Waals surface area contributed by atoms with Crippen LogP contribution in [0.2, 0.25) is 0 Å². The third kappa shape index (κ3) is 3.38. The van der Waals surface area contributed by atoms with Crippen LogP contribution in [0.15, 0.2) is 65.7 Å². The van der Waals surface area contributed by atoms with Gasteiger partial charge in [0.25, 0.3) is 0 Å². The summed E-state index contributed by atoms with van der Waals surface area (Å²) in [5.41, 5.74) is 6.62. The van der Waals surface area contributed by atoms with E-state index in [-0.39, 0.29) is 0 Å². The van der Waals surface area contributed by atoms with Gasteiger partial charge in [0.05, 0.1) is 22.0 Å². The zero-order valence-corrected chi connectivity index (χ0v) is 19.4. The smallest absolute Gasteiger partial charge is 0.175 e. The van der Waals surface area contributed by atoms with Crippen molar-refractivity contribution in [3.63, 3.8) is 0 Å². The van der Waals surface area contributed by atoms with E-state index < -0.39 is 9.84 Å². The van der Waals surface area contributed by atoms with Crippen LogP contribution in [-0.4, -0.2) is 34.2 Å². The molecule has 0 N–H and O–H groups in total. The van der Waals surface area contributed by atoms with E-state index in [1.807, 2.05) is 49.5 Å². The summed E-state index contributed by atoms with van der Waals surface area (Å²) in [6, 6.07) is 17.5. The fraction of sp³-hybridized carbons (Fsp3) is 0.269. The molecule has 3 aromatic heterocycles. The van der Waals surface area contributed by atoms with Gasteiger partial charge in [-0.2, -0.15) is 0 Å². The largest absolute Gasteiger partial charge is 0.324 e. The third-order valence-electron chi connectivity index (χ3n) is 6.82. The van der Waals surface area contributed by atoms with Gasteiger partial charge in [-0.05, 0) is 62.6 Å². The van der Waals surface area contributed by atoms with Crippen LogP contribution in [-0.2, 0) is 9.84 Å². The van der Waals surface area contributed by atoms with Crippen LogP contribution in [0.25, 0.3) is 33.9 Å². The molecule has 6 nitrogen and oxygen atoms in total. The molecule has 7 heteroatoms. The third-order valence-corrected chi connectivity index (χ3v) is 7.94. The Balaban J connectivity index is 1.50. The summed E-state index contributed by atoms with van der Waals surface area (Å²) in [5.74, 6) is 1.70. The number of nitrogens with zero attached hydrogens (tertiary/aromatic N) is 4. The number of aromatic nitrogens is 4. The fourth-order valence-electron chi connectivity index (χ4n) is 5.27. The summed E-state index contributed by atoms with van der Waals surface area (Å²) >= 11 is 0. The molecule has 0 amide bonds. The molecule has 0 unspecified atom stereocenters. The first-order valence-corrected chi connectivity index (χ1v) is 13.1. The minimum Gasteiger partial charge on any atom is -0.324 e. The molecule has 4 heterocycles. The standard InChI is InChI=1S/C26H24N4O2S/c1-16-4-3-5-22(28-16)24-25(30-20-9-6-19(14-20)26(30)29-24)18-12-13-27-23(15-18)17-7-10-21(11-8-17)33(2,31)32/h3-5,7-8,10-13,15,19-20H,6,9,14H2,1-2H3/t19-,20+/m0/s1. The van der Waals surface area contributed by atoms with Crippen molar-refractivity contribution >= 4 is 9.84 Å². The van der Waals surface area contributed by atoms with Crippen molar-refractivity contribution in [1.29, 1.82) is 0 Å². The quantitative estimate of drug-likeness (QED) is 0.421. The predicted molar refractivity (Wildman–Crippen MR) is 128 cm³/mol. The number of pyridine rings is 2. The van der Waals surface area contributed by atoms with Crippen molar-refractivity contribution in [2.75, 3.05) is 6.26 Å². The number of rotatable bonds is 4. The van der Waals surface area contributed by atoms with Gasteiger partial charge in [0.15, 0.2) is 9.84 Å². The van der Waals surface area contributed by atoms with Gasteiger partial charge in [-0.3, -0.25) is 9.97 Å². The van der Waals surface area contributed by atoms with E-state index in [0.29, 0.717) is 16.9 Å². The van der Waals surface area contributed by atoms with Crippen LogP contribution in [0.5, 0.6) is 0 Å². The first-order valence-electron chi connectivity index (χ1n) is 11.2. The maximum absolute atomic E-state index is 11.8. The highest BCUT2D eigenvalue weighted by molar-refractivity contribution is 7.90. The Labute approximate surface area is 193 Å². The second-order valence-corrected chi connectivity index (χ2v) is 11.1. The van der Waals surface area contributed by atoms with Gasteiger partial charge in [-0.25, -0.2) is 13.4 Å². The lowest BCUT2D eigenvalue weighted by Crippen LogP contribution is -2.08. The van der Waals surface area contributed by atoms with Crippen molar-refractivity contribution in [2.45, 2.75) is 43.0 Å². The zero-order valence-electron chi connectivity index (χ0n) is 18.6. The highest BCUT2D eigenvalue weighted by atomic mass is 32.2. The van der Waals surface area contributed by atoms with Gasteiger partial charge >= 0.3 is 0 Å². The van der Waals surface area contributed by atoms with E-state index in [1.54, 1.807) is 12.1 Å². The predicted octanol–water partition coefficient (Wildman–Crippen LogP) is 5.21. The van der Waals surface area contributed by atoms with E-state index in [4.69, 9.17) is 9.97 Å². The monoisotopic (exact) mass is 456 g/mol. The number of hydrogen-bond donors (Lipinski definition) is 0. The summed E-state index contributed by atoms with van der Waals surface area (Å²) in [7, 11) is -3.24. The normalized spacial score (nSPS) is 19.1. The van der Waals surface area contributed by atoms with Crippen LogP contribution < -0.4 is 0 Å². The number of hydrogen-bond acceptors (Lipinski definition) is 5. The Morgan fingerprint density at radius 3 is 2.52 bits per heavy atom. The second-order valence-electron chi connectivity index (χ2n) is 9.09. The molecule has 1 aromatic carbocycles. The van der Waals surface area contributed by atoms with E-state index >= 15 is 0 Å². The molecule has 6 rings (SSSR count). The Hall–Kier alpha value is -3.32. The average Bonchev–Trinajstić information content (AvgIpc) is 3.51. The SMILES string of the molecule is Cc1cccc(-c2nc3n(c2-c2ccnc(-c4ccc(S(C)(=O)=O)cc4)c2)[C@@H]2CC[C@H]3C2)n1. The number of imidazole rings is 1. The lowest BCUT2D eigenvalue weighted by molar-refractivity contribution is 0.530. The second kappa shape index (κ2) is 7.35. The fourth-order valence-corrected chi connectivity index (χ4v) is 5.90. The molecule has 1 fully saturated rings. The highest BCUT2D eigenvalue weighted by Gasteiger charge is 2.41. The first kappa shape index (κ1) is 20.3. The van der Waals surface area contributed by atoms with Crippen molar-refractivity contribution in [2.24, 2.45) is 0 Å². The number of benzene rings is 1. The minimum absolute atomic E-state index is 0.305. The van der Waals surface area contributed by atoms with Gasteiger partial charge in [0, 0.05) is 41.2 Å². The molecule has 0 radical (unpaired) electrons. The summed E-state index contributed by atoms with van der Waals surface area (Å²) in [5, 5.41) is 0. The Kier molecular flexibility index (Phi) is 4.52. The summed E-state index contributed by atoms with van der Waals surface area (Å²) in [6.07, 6.45) is 6.59. The van der Waals surface area contributed by atoms with Gasteiger partial charge in [0.2, 0.25) is 0 Å². The molecule has 0 saturated heterocycles. The molecular formula is C26H24N4O2S. The minimum atomic E-state index is -3.24. The van der Waals surface area contributed by atoms with Gasteiger partial charge in [-0.1, -0.05) is 18.2 Å². The van der Waals surface area contributed by atoms with Crippen molar-refractivity contribution in [3.8, 4) is 33.9 Å². The number of fused-ring (bicyclic) bond motifs is 5. The number of aryl methyl sites for hydroxylation is 1. The Morgan fingerprint density at radius 1 is 0.939 bits per heavy atom. The maximum atomic E-state index is 11.8. The molecule has 4 aromatic rings. The average molecular weight is 457 g/mol. The molecule has 2 bridgehead atoms. The first-order chi connectivity index (χ1) is 15.9. The topological polar surface area (TPSA) is 77.7 Å². The van der Waals surface area contributed by atoms with Crippen LogP contribution in [0.4, 0.5) is 0 Å². The lowest BCUT2D eigenvalue weighted by atomic mass is 10.0. The number of sulfone groups is 1. The molecule has 2 aliphatic rings. The maximum Gasteiger partial charge on any atom is 0.175 e. The molecular weight excluding hydrogens is 432 g/mol. The van der Waals surface area contributed by atoms with Gasteiger partial charge in [-0.15, -0.1) is 0 Å². The van der Waals surface area contributed by atoms with Crippen molar-refractivity contribution < 1.29 is 8.42 Å². The molecule has 1 saturated carbocycles. The molecule has 1 aliphatic heterocycles. The highest BCUT2D eigenvalue weighted by Crippen LogP contribution is 2.52. The Bertz CT molecular complexity index is 1490. The van der Waals surface area contributed by atoms with E-state index in [9.17, 15) is 8.42 Å². The van der Waals surface area contributed by atoms with Crippen LogP contribution >= 0.6 is 0 Å². The lowest BCUT2D eigenvalue weighted by Gasteiger charge is -2.17.